The molecule has 3 aromatic rings. The lowest BCUT2D eigenvalue weighted by atomic mass is 9.98. The Morgan fingerprint density at radius 2 is 1.82 bits per heavy atom. The zero-order valence-electron chi connectivity index (χ0n) is 19.4. The van der Waals surface area contributed by atoms with Crippen LogP contribution in [0, 0.1) is 0 Å². The van der Waals surface area contributed by atoms with Gasteiger partial charge in [-0.25, -0.2) is 4.79 Å². The first-order valence-corrected chi connectivity index (χ1v) is 12.0. The smallest absolute Gasteiger partial charge is 0.341 e. The maximum atomic E-state index is 12.9. The van der Waals surface area contributed by atoms with Crippen LogP contribution >= 0.6 is 11.3 Å². The maximum Gasteiger partial charge on any atom is 0.341 e. The van der Waals surface area contributed by atoms with Gasteiger partial charge in [0, 0.05) is 16.5 Å². The number of amides is 1. The van der Waals surface area contributed by atoms with E-state index in [2.05, 4.69) is 31.3 Å². The second kappa shape index (κ2) is 11.0. The Balaban J connectivity index is 1.90. The normalized spacial score (nSPS) is 10.8. The van der Waals surface area contributed by atoms with Gasteiger partial charge in [0.15, 0.2) is 0 Å². The van der Waals surface area contributed by atoms with Crippen LogP contribution in [0.4, 0.5) is 10.7 Å². The number of esters is 1. The van der Waals surface area contributed by atoms with Gasteiger partial charge in [0.05, 0.1) is 18.9 Å². The molecule has 0 bridgehead atoms. The van der Waals surface area contributed by atoms with Crippen LogP contribution in [-0.4, -0.2) is 25.1 Å². The molecule has 0 spiro atoms. The van der Waals surface area contributed by atoms with Crippen molar-refractivity contribution in [2.24, 2.45) is 0 Å². The van der Waals surface area contributed by atoms with E-state index in [1.807, 2.05) is 24.4 Å². The van der Waals surface area contributed by atoms with E-state index in [9.17, 15) is 9.59 Å². The van der Waals surface area contributed by atoms with Gasteiger partial charge in [-0.3, -0.25) is 4.79 Å². The van der Waals surface area contributed by atoms with Crippen molar-refractivity contribution in [3.63, 3.8) is 0 Å². The van der Waals surface area contributed by atoms with E-state index in [1.54, 1.807) is 25.1 Å². The molecule has 1 amide bonds. The van der Waals surface area contributed by atoms with Gasteiger partial charge < -0.3 is 20.5 Å². The van der Waals surface area contributed by atoms with Crippen LogP contribution < -0.4 is 15.8 Å². The first-order valence-electron chi connectivity index (χ1n) is 11.1. The highest BCUT2D eigenvalue weighted by Gasteiger charge is 2.23. The van der Waals surface area contributed by atoms with Gasteiger partial charge in [-0.05, 0) is 48.6 Å². The molecule has 1 heterocycles. The largest absolute Gasteiger partial charge is 0.491 e. The molecule has 0 radical (unpaired) electrons. The van der Waals surface area contributed by atoms with E-state index < -0.39 is 5.97 Å². The Morgan fingerprint density at radius 3 is 2.42 bits per heavy atom. The fraction of sp³-hybridized carbons (Fsp3) is 0.308. The van der Waals surface area contributed by atoms with Crippen molar-refractivity contribution in [1.29, 1.82) is 0 Å². The topological polar surface area (TPSA) is 90.6 Å². The Labute approximate surface area is 198 Å². The van der Waals surface area contributed by atoms with Gasteiger partial charge in [-0.15, -0.1) is 11.3 Å². The molecule has 0 aliphatic heterocycles. The standard InChI is InChI=1S/C26H30N2O4S/c1-5-13-32-22-12-11-19(14-21(22)27)24(29)28-25-23(26(30)31-6-2)20(15-33-25)18-9-7-17(8-10-18)16(3)4/h7-12,14-16H,5-6,13,27H2,1-4H3,(H,28,29). The second-order valence-electron chi connectivity index (χ2n) is 7.91. The molecule has 0 aliphatic rings. The highest BCUT2D eigenvalue weighted by atomic mass is 32.1. The van der Waals surface area contributed by atoms with E-state index in [-0.39, 0.29) is 12.5 Å². The summed E-state index contributed by atoms with van der Waals surface area (Å²) in [6.07, 6.45) is 0.860. The minimum atomic E-state index is -0.472. The molecule has 0 saturated heterocycles. The first kappa shape index (κ1) is 24.3. The first-order chi connectivity index (χ1) is 15.8. The molecular weight excluding hydrogens is 436 g/mol. The molecule has 3 rings (SSSR count). The van der Waals surface area contributed by atoms with E-state index in [1.165, 1.54) is 16.9 Å². The number of anilines is 2. The lowest BCUT2D eigenvalue weighted by Crippen LogP contribution is -2.15. The van der Waals surface area contributed by atoms with Crippen molar-refractivity contribution in [2.45, 2.75) is 40.0 Å². The van der Waals surface area contributed by atoms with Crippen LogP contribution in [0.2, 0.25) is 0 Å². The minimum Gasteiger partial charge on any atom is -0.491 e. The molecular formula is C26H30N2O4S. The Kier molecular flexibility index (Phi) is 8.11. The van der Waals surface area contributed by atoms with E-state index in [4.69, 9.17) is 15.2 Å². The average molecular weight is 467 g/mol. The summed E-state index contributed by atoms with van der Waals surface area (Å²) in [5, 5.41) is 5.16. The third-order valence-electron chi connectivity index (χ3n) is 5.12. The van der Waals surface area contributed by atoms with Crippen molar-refractivity contribution in [1.82, 2.24) is 0 Å². The Bertz CT molecular complexity index is 1120. The van der Waals surface area contributed by atoms with E-state index >= 15 is 0 Å². The number of benzene rings is 2. The number of hydrogen-bond acceptors (Lipinski definition) is 6. The summed E-state index contributed by atoms with van der Waals surface area (Å²) in [6, 6.07) is 13.0. The van der Waals surface area contributed by atoms with Crippen LogP contribution in [0.3, 0.4) is 0 Å². The number of rotatable bonds is 9. The van der Waals surface area contributed by atoms with Crippen molar-refractivity contribution >= 4 is 33.9 Å². The van der Waals surface area contributed by atoms with Gasteiger partial charge in [-0.2, -0.15) is 0 Å². The quantitative estimate of drug-likeness (QED) is 0.284. The van der Waals surface area contributed by atoms with Crippen LogP contribution in [0.1, 0.15) is 66.3 Å². The highest BCUT2D eigenvalue weighted by Crippen LogP contribution is 2.37. The Hall–Kier alpha value is -3.32. The summed E-state index contributed by atoms with van der Waals surface area (Å²) >= 11 is 1.29. The number of nitrogen functional groups attached to an aromatic ring is 1. The van der Waals surface area contributed by atoms with Gasteiger partial charge in [0.25, 0.3) is 5.91 Å². The lowest BCUT2D eigenvalue weighted by Gasteiger charge is -2.11. The van der Waals surface area contributed by atoms with Crippen molar-refractivity contribution in [2.75, 3.05) is 24.3 Å². The number of ether oxygens (including phenoxy) is 2. The summed E-state index contributed by atoms with van der Waals surface area (Å²) < 4.78 is 10.9. The predicted molar refractivity (Wildman–Crippen MR) is 134 cm³/mol. The zero-order chi connectivity index (χ0) is 24.0. The summed E-state index contributed by atoms with van der Waals surface area (Å²) in [6.45, 7) is 8.81. The molecule has 3 N–H and O–H groups in total. The SMILES string of the molecule is CCCOc1ccc(C(=O)Nc2scc(-c3ccc(C(C)C)cc3)c2C(=O)OCC)cc1N. The van der Waals surface area contributed by atoms with Crippen molar-refractivity contribution in [3.8, 4) is 16.9 Å². The molecule has 33 heavy (non-hydrogen) atoms. The molecule has 0 atom stereocenters. The number of hydrogen-bond donors (Lipinski definition) is 2. The zero-order valence-corrected chi connectivity index (χ0v) is 20.3. The van der Waals surface area contributed by atoms with Gasteiger partial charge >= 0.3 is 5.97 Å². The second-order valence-corrected chi connectivity index (χ2v) is 8.79. The van der Waals surface area contributed by atoms with Crippen LogP contribution in [-0.2, 0) is 4.74 Å². The fourth-order valence-electron chi connectivity index (χ4n) is 3.32. The average Bonchev–Trinajstić information content (AvgIpc) is 3.22. The number of carbonyl (C=O) groups is 2. The molecule has 7 heteroatoms. The van der Waals surface area contributed by atoms with Gasteiger partial charge in [0.1, 0.15) is 16.3 Å². The minimum absolute atomic E-state index is 0.240. The lowest BCUT2D eigenvalue weighted by molar-refractivity contribution is 0.0529. The van der Waals surface area contributed by atoms with Gasteiger partial charge in [0.2, 0.25) is 0 Å². The third kappa shape index (κ3) is 5.73. The fourth-order valence-corrected chi connectivity index (χ4v) is 4.28. The molecule has 2 aromatic carbocycles. The predicted octanol–water partition coefficient (Wildman–Crippen LogP) is 6.34. The summed E-state index contributed by atoms with van der Waals surface area (Å²) in [5.41, 5.74) is 9.99. The summed E-state index contributed by atoms with van der Waals surface area (Å²) in [4.78, 5) is 25.7. The summed E-state index contributed by atoms with van der Waals surface area (Å²) in [5.74, 6) is 0.119. The van der Waals surface area contributed by atoms with E-state index in [0.717, 1.165) is 17.5 Å². The Morgan fingerprint density at radius 1 is 1.09 bits per heavy atom. The van der Waals surface area contributed by atoms with Crippen LogP contribution in [0.5, 0.6) is 5.75 Å². The molecule has 0 saturated carbocycles. The number of thiophene rings is 1. The highest BCUT2D eigenvalue weighted by molar-refractivity contribution is 7.15. The number of carbonyl (C=O) groups excluding carboxylic acids is 2. The monoisotopic (exact) mass is 466 g/mol. The van der Waals surface area contributed by atoms with Gasteiger partial charge in [-0.1, -0.05) is 45.0 Å². The summed E-state index contributed by atoms with van der Waals surface area (Å²) in [7, 11) is 0. The molecule has 0 unspecified atom stereocenters. The molecule has 0 aliphatic carbocycles. The van der Waals surface area contributed by atoms with E-state index in [0.29, 0.717) is 40.1 Å². The number of nitrogens with one attached hydrogen (secondary N) is 1. The molecule has 174 valence electrons. The third-order valence-corrected chi connectivity index (χ3v) is 6.02. The van der Waals surface area contributed by atoms with Crippen LogP contribution in [0.15, 0.2) is 47.8 Å². The van der Waals surface area contributed by atoms with Crippen molar-refractivity contribution in [3.05, 3.63) is 64.5 Å². The van der Waals surface area contributed by atoms with Crippen LogP contribution in [0.25, 0.3) is 11.1 Å². The molecule has 6 nitrogen and oxygen atoms in total. The molecule has 1 aromatic heterocycles. The van der Waals surface area contributed by atoms with Crippen molar-refractivity contribution < 1.29 is 19.1 Å². The molecule has 0 fully saturated rings. The maximum absolute atomic E-state index is 12.9. The number of nitrogens with two attached hydrogens (primary N) is 1.